The summed E-state index contributed by atoms with van der Waals surface area (Å²) in [5.74, 6) is -0.806. The zero-order valence-electron chi connectivity index (χ0n) is 13.9. The Labute approximate surface area is 150 Å². The van der Waals surface area contributed by atoms with Gasteiger partial charge in [0.25, 0.3) is 15.9 Å². The molecule has 7 heteroatoms. The van der Waals surface area contributed by atoms with Crippen LogP contribution in [0.25, 0.3) is 10.8 Å². The first-order valence-electron chi connectivity index (χ1n) is 8.09. The fraction of sp³-hybridized carbons (Fsp3) is 0.105. The van der Waals surface area contributed by atoms with Crippen molar-refractivity contribution in [3.05, 3.63) is 66.0 Å². The average molecular weight is 370 g/mol. The molecule has 1 heterocycles. The van der Waals surface area contributed by atoms with Crippen LogP contribution in [0.15, 0.2) is 59.5 Å². The second-order valence-electron chi connectivity index (χ2n) is 5.95. The zero-order valence-corrected chi connectivity index (χ0v) is 14.7. The van der Waals surface area contributed by atoms with Crippen molar-refractivity contribution < 1.29 is 17.6 Å². The Morgan fingerprint density at radius 1 is 1.04 bits per heavy atom. The molecule has 0 radical (unpaired) electrons. The van der Waals surface area contributed by atoms with Crippen molar-refractivity contribution in [3.63, 3.8) is 0 Å². The number of benzene rings is 3. The summed E-state index contributed by atoms with van der Waals surface area (Å²) in [6.07, 6.45) is 0. The second-order valence-corrected chi connectivity index (χ2v) is 7.60. The van der Waals surface area contributed by atoms with E-state index in [1.54, 1.807) is 35.2 Å². The van der Waals surface area contributed by atoms with Gasteiger partial charge in [0.05, 0.1) is 16.3 Å². The van der Waals surface area contributed by atoms with Crippen molar-refractivity contribution >= 4 is 38.1 Å². The minimum Gasteiger partial charge on any atom is -0.308 e. The number of para-hydroxylation sites is 1. The Kier molecular flexibility index (Phi) is 3.69. The molecule has 0 saturated carbocycles. The summed E-state index contributed by atoms with van der Waals surface area (Å²) in [6, 6.07) is 13.6. The molecule has 132 valence electrons. The largest absolute Gasteiger partial charge is 0.308 e. The van der Waals surface area contributed by atoms with Crippen LogP contribution in [0.2, 0.25) is 0 Å². The molecule has 0 aliphatic carbocycles. The maximum absolute atomic E-state index is 13.9. The molecule has 1 aliphatic heterocycles. The van der Waals surface area contributed by atoms with E-state index in [1.165, 1.54) is 24.3 Å². The van der Waals surface area contributed by atoms with Crippen LogP contribution in [0, 0.1) is 5.82 Å². The van der Waals surface area contributed by atoms with Crippen molar-refractivity contribution in [1.82, 2.24) is 0 Å². The van der Waals surface area contributed by atoms with Gasteiger partial charge in [-0.1, -0.05) is 24.3 Å². The van der Waals surface area contributed by atoms with Gasteiger partial charge in [-0.3, -0.25) is 9.52 Å². The molecular formula is C19H15FN2O3S. The van der Waals surface area contributed by atoms with Gasteiger partial charge < -0.3 is 4.90 Å². The third-order valence-corrected chi connectivity index (χ3v) is 5.89. The number of hydrogen-bond donors (Lipinski definition) is 1. The molecule has 0 bridgehead atoms. The number of hydrogen-bond acceptors (Lipinski definition) is 3. The molecule has 3 aromatic carbocycles. The van der Waals surface area contributed by atoms with Gasteiger partial charge in [0.2, 0.25) is 0 Å². The Morgan fingerprint density at radius 3 is 2.54 bits per heavy atom. The number of nitrogens with one attached hydrogen (secondary N) is 1. The Morgan fingerprint density at radius 2 is 1.81 bits per heavy atom. The lowest BCUT2D eigenvalue weighted by Gasteiger charge is -2.16. The maximum Gasteiger partial charge on any atom is 0.262 e. The molecule has 1 amide bonds. The molecule has 0 aromatic heterocycles. The molecule has 0 fully saturated rings. The fourth-order valence-electron chi connectivity index (χ4n) is 3.31. The standard InChI is InChI=1S/C19H15FN2O3S/c1-2-22-16-10-11-17(12-6-5-7-13(18(12)16)19(22)23)26(24,25)21-15-9-4-3-8-14(15)20/h3-11,21H,2H2,1H3. The quantitative estimate of drug-likeness (QED) is 0.760. The number of carbonyl (C=O) groups is 1. The highest BCUT2D eigenvalue weighted by atomic mass is 32.2. The summed E-state index contributed by atoms with van der Waals surface area (Å²) < 4.78 is 41.9. The molecule has 0 atom stereocenters. The van der Waals surface area contributed by atoms with Crippen molar-refractivity contribution in [1.29, 1.82) is 0 Å². The molecule has 3 aromatic rings. The summed E-state index contributed by atoms with van der Waals surface area (Å²) in [5, 5.41) is 1.05. The number of halogens is 1. The molecule has 0 saturated heterocycles. The van der Waals surface area contributed by atoms with Gasteiger partial charge >= 0.3 is 0 Å². The molecule has 0 spiro atoms. The first-order chi connectivity index (χ1) is 12.4. The van der Waals surface area contributed by atoms with Crippen molar-refractivity contribution in [2.24, 2.45) is 0 Å². The van der Waals surface area contributed by atoms with Crippen molar-refractivity contribution in [2.45, 2.75) is 11.8 Å². The summed E-state index contributed by atoms with van der Waals surface area (Å²) >= 11 is 0. The predicted molar refractivity (Wildman–Crippen MR) is 98.5 cm³/mol. The SMILES string of the molecule is CCN1C(=O)c2cccc3c(S(=O)(=O)Nc4ccccc4F)ccc1c23. The monoisotopic (exact) mass is 370 g/mol. The second kappa shape index (κ2) is 5.81. The summed E-state index contributed by atoms with van der Waals surface area (Å²) in [6.45, 7) is 2.35. The van der Waals surface area contributed by atoms with E-state index < -0.39 is 15.8 Å². The third kappa shape index (κ3) is 2.35. The van der Waals surface area contributed by atoms with E-state index in [1.807, 2.05) is 6.92 Å². The lowest BCUT2D eigenvalue weighted by molar-refractivity contribution is 0.0994. The topological polar surface area (TPSA) is 66.5 Å². The molecule has 5 nitrogen and oxygen atoms in total. The number of anilines is 2. The van der Waals surface area contributed by atoms with Gasteiger partial charge in [-0.15, -0.1) is 0 Å². The first-order valence-corrected chi connectivity index (χ1v) is 9.57. The van der Waals surface area contributed by atoms with Gasteiger partial charge in [0, 0.05) is 22.9 Å². The fourth-order valence-corrected chi connectivity index (χ4v) is 4.58. The highest BCUT2D eigenvalue weighted by Gasteiger charge is 2.31. The van der Waals surface area contributed by atoms with Crippen LogP contribution in [0.4, 0.5) is 15.8 Å². The number of sulfonamides is 1. The summed E-state index contributed by atoms with van der Waals surface area (Å²) in [7, 11) is -4.03. The van der Waals surface area contributed by atoms with E-state index in [4.69, 9.17) is 0 Å². The van der Waals surface area contributed by atoms with E-state index in [0.29, 0.717) is 28.6 Å². The van der Waals surface area contributed by atoms with Crippen LogP contribution in [-0.4, -0.2) is 20.9 Å². The zero-order chi connectivity index (χ0) is 18.5. The minimum absolute atomic E-state index is 0.00658. The van der Waals surface area contributed by atoms with Gasteiger partial charge in [0.1, 0.15) is 5.82 Å². The molecule has 1 aliphatic rings. The van der Waals surface area contributed by atoms with Crippen LogP contribution in [0.1, 0.15) is 17.3 Å². The van der Waals surface area contributed by atoms with Gasteiger partial charge in [0.15, 0.2) is 0 Å². The van der Waals surface area contributed by atoms with Gasteiger partial charge in [-0.05, 0) is 37.3 Å². The lowest BCUT2D eigenvalue weighted by atomic mass is 10.1. The number of rotatable bonds is 4. The van der Waals surface area contributed by atoms with Crippen molar-refractivity contribution in [3.8, 4) is 0 Å². The average Bonchev–Trinajstić information content (AvgIpc) is 2.90. The maximum atomic E-state index is 13.9. The molecule has 26 heavy (non-hydrogen) atoms. The first kappa shape index (κ1) is 16.5. The van der Waals surface area contributed by atoms with Gasteiger partial charge in [-0.2, -0.15) is 0 Å². The van der Waals surface area contributed by atoms with E-state index in [0.717, 1.165) is 0 Å². The van der Waals surface area contributed by atoms with Crippen LogP contribution in [-0.2, 0) is 10.0 Å². The molecule has 1 N–H and O–H groups in total. The third-order valence-electron chi connectivity index (χ3n) is 4.47. The number of carbonyl (C=O) groups excluding carboxylic acids is 1. The number of nitrogens with zero attached hydrogens (tertiary/aromatic N) is 1. The van der Waals surface area contributed by atoms with E-state index in [9.17, 15) is 17.6 Å². The van der Waals surface area contributed by atoms with Crippen LogP contribution >= 0.6 is 0 Å². The summed E-state index contributed by atoms with van der Waals surface area (Å²) in [5.41, 5.74) is 1.04. The minimum atomic E-state index is -4.03. The normalized spacial score (nSPS) is 13.5. The lowest BCUT2D eigenvalue weighted by Crippen LogP contribution is -2.25. The van der Waals surface area contributed by atoms with Crippen molar-refractivity contribution in [2.75, 3.05) is 16.2 Å². The van der Waals surface area contributed by atoms with Crippen LogP contribution in [0.5, 0.6) is 0 Å². The van der Waals surface area contributed by atoms with Gasteiger partial charge in [-0.25, -0.2) is 12.8 Å². The Balaban J connectivity index is 1.90. The highest BCUT2D eigenvalue weighted by molar-refractivity contribution is 7.93. The smallest absolute Gasteiger partial charge is 0.262 e. The predicted octanol–water partition coefficient (Wildman–Crippen LogP) is 3.76. The van der Waals surface area contributed by atoms with E-state index >= 15 is 0 Å². The number of amides is 1. The summed E-state index contributed by atoms with van der Waals surface area (Å²) in [4.78, 5) is 14.1. The molecular weight excluding hydrogens is 355 g/mol. The van der Waals surface area contributed by atoms with E-state index in [2.05, 4.69) is 4.72 Å². The van der Waals surface area contributed by atoms with Crippen LogP contribution < -0.4 is 9.62 Å². The molecule has 0 unspecified atom stereocenters. The Hall–Kier alpha value is -2.93. The van der Waals surface area contributed by atoms with Crippen LogP contribution in [0.3, 0.4) is 0 Å². The highest BCUT2D eigenvalue weighted by Crippen LogP contribution is 2.40. The Bertz CT molecular complexity index is 1160. The molecule has 4 rings (SSSR count). The van der Waals surface area contributed by atoms with E-state index in [-0.39, 0.29) is 16.5 Å².